The number of ether oxygens (including phenoxy) is 1. The Morgan fingerprint density at radius 1 is 1.13 bits per heavy atom. The highest BCUT2D eigenvalue weighted by atomic mass is 32.1. The van der Waals surface area contributed by atoms with Crippen molar-refractivity contribution in [2.45, 2.75) is 13.8 Å². The molecule has 2 aromatic rings. The Bertz CT molecular complexity index is 688. The lowest BCUT2D eigenvalue weighted by Gasteiger charge is -2.11. The van der Waals surface area contributed by atoms with E-state index in [1.165, 1.54) is 17.4 Å². The Hall–Kier alpha value is -2.60. The molecular formula is C17H18N2O3S. The van der Waals surface area contributed by atoms with Crippen molar-refractivity contribution in [2.24, 2.45) is 0 Å². The first kappa shape index (κ1) is 16.8. The van der Waals surface area contributed by atoms with Crippen molar-refractivity contribution in [1.82, 2.24) is 10.9 Å². The minimum atomic E-state index is -0.425. The van der Waals surface area contributed by atoms with Gasteiger partial charge in [-0.15, -0.1) is 11.3 Å². The second-order valence-corrected chi connectivity index (χ2v) is 5.88. The van der Waals surface area contributed by atoms with Crippen molar-refractivity contribution in [1.29, 1.82) is 0 Å². The van der Waals surface area contributed by atoms with Gasteiger partial charge in [-0.05, 0) is 42.5 Å². The number of hydrogen-bond acceptors (Lipinski definition) is 4. The van der Waals surface area contributed by atoms with Gasteiger partial charge in [-0.1, -0.05) is 24.3 Å². The molecule has 5 nitrogen and oxygen atoms in total. The highest BCUT2D eigenvalue weighted by Crippen LogP contribution is 2.21. The van der Waals surface area contributed by atoms with E-state index >= 15 is 0 Å². The average Bonchev–Trinajstić information content (AvgIpc) is 3.04. The van der Waals surface area contributed by atoms with Crippen molar-refractivity contribution in [2.75, 3.05) is 6.61 Å². The van der Waals surface area contributed by atoms with Gasteiger partial charge in [0.25, 0.3) is 11.8 Å². The number of aryl methyl sites for hydroxylation is 2. The van der Waals surface area contributed by atoms with Crippen LogP contribution in [0.2, 0.25) is 0 Å². The third-order valence-electron chi connectivity index (χ3n) is 3.02. The number of nitrogens with one attached hydrogen (secondary N) is 2. The van der Waals surface area contributed by atoms with Gasteiger partial charge in [-0.25, -0.2) is 0 Å². The highest BCUT2D eigenvalue weighted by molar-refractivity contribution is 7.10. The SMILES string of the molecule is Cc1cccc(C)c1OCC(=O)NNC(=O)/C=C/c1cccs1. The molecule has 1 heterocycles. The number of carbonyl (C=O) groups excluding carboxylic acids is 2. The number of amides is 2. The summed E-state index contributed by atoms with van der Waals surface area (Å²) in [6.07, 6.45) is 3.04. The highest BCUT2D eigenvalue weighted by Gasteiger charge is 2.07. The van der Waals surface area contributed by atoms with Gasteiger partial charge in [0, 0.05) is 11.0 Å². The van der Waals surface area contributed by atoms with Gasteiger partial charge in [-0.3, -0.25) is 20.4 Å². The van der Waals surface area contributed by atoms with Gasteiger partial charge in [0.05, 0.1) is 0 Å². The topological polar surface area (TPSA) is 67.4 Å². The zero-order valence-electron chi connectivity index (χ0n) is 13.0. The standard InChI is InChI=1S/C17H18N2O3S/c1-12-5-3-6-13(2)17(12)22-11-16(21)19-18-15(20)9-8-14-7-4-10-23-14/h3-10H,11H2,1-2H3,(H,18,20)(H,19,21)/b9-8+. The molecule has 2 N–H and O–H groups in total. The number of para-hydroxylation sites is 1. The molecule has 0 saturated heterocycles. The van der Waals surface area contributed by atoms with Crippen LogP contribution in [0.15, 0.2) is 41.8 Å². The maximum atomic E-state index is 11.7. The van der Waals surface area contributed by atoms with Crippen LogP contribution in [0.25, 0.3) is 6.08 Å². The van der Waals surface area contributed by atoms with Crippen molar-refractivity contribution >= 4 is 29.2 Å². The average molecular weight is 330 g/mol. The monoisotopic (exact) mass is 330 g/mol. The van der Waals surface area contributed by atoms with Crippen LogP contribution >= 0.6 is 11.3 Å². The smallest absolute Gasteiger partial charge is 0.276 e. The molecule has 0 radical (unpaired) electrons. The maximum Gasteiger partial charge on any atom is 0.276 e. The molecule has 23 heavy (non-hydrogen) atoms. The summed E-state index contributed by atoms with van der Waals surface area (Å²) in [6, 6.07) is 9.55. The van der Waals surface area contributed by atoms with Gasteiger partial charge < -0.3 is 4.74 Å². The summed E-state index contributed by atoms with van der Waals surface area (Å²) in [7, 11) is 0. The predicted octanol–water partition coefficient (Wildman–Crippen LogP) is 2.60. The second-order valence-electron chi connectivity index (χ2n) is 4.90. The maximum absolute atomic E-state index is 11.7. The van der Waals surface area contributed by atoms with Crippen LogP contribution < -0.4 is 15.6 Å². The van der Waals surface area contributed by atoms with E-state index in [9.17, 15) is 9.59 Å². The number of rotatable bonds is 5. The number of hydrazine groups is 1. The zero-order valence-corrected chi connectivity index (χ0v) is 13.8. The van der Waals surface area contributed by atoms with Gasteiger partial charge in [0.1, 0.15) is 5.75 Å². The zero-order chi connectivity index (χ0) is 16.7. The first-order chi connectivity index (χ1) is 11.1. The number of hydrogen-bond donors (Lipinski definition) is 2. The number of thiophene rings is 1. The third kappa shape index (κ3) is 5.27. The van der Waals surface area contributed by atoms with E-state index in [-0.39, 0.29) is 6.61 Å². The number of carbonyl (C=O) groups is 2. The summed E-state index contributed by atoms with van der Waals surface area (Å²) in [5.41, 5.74) is 6.54. The van der Waals surface area contributed by atoms with E-state index in [1.807, 2.05) is 49.6 Å². The normalized spacial score (nSPS) is 10.5. The Morgan fingerprint density at radius 2 is 1.87 bits per heavy atom. The largest absolute Gasteiger partial charge is 0.483 e. The first-order valence-corrected chi connectivity index (χ1v) is 7.93. The van der Waals surface area contributed by atoms with Crippen LogP contribution in [-0.4, -0.2) is 18.4 Å². The van der Waals surface area contributed by atoms with Crippen LogP contribution in [0, 0.1) is 13.8 Å². The Morgan fingerprint density at radius 3 is 2.52 bits per heavy atom. The Labute approximate surface area is 139 Å². The van der Waals surface area contributed by atoms with Crippen molar-refractivity contribution in [3.8, 4) is 5.75 Å². The van der Waals surface area contributed by atoms with E-state index in [1.54, 1.807) is 6.08 Å². The van der Waals surface area contributed by atoms with E-state index in [0.717, 1.165) is 16.0 Å². The Balaban J connectivity index is 1.76. The molecule has 0 aliphatic carbocycles. The van der Waals surface area contributed by atoms with Crippen LogP contribution in [0.1, 0.15) is 16.0 Å². The summed E-state index contributed by atoms with van der Waals surface area (Å²) in [5, 5.41) is 1.92. The van der Waals surface area contributed by atoms with Crippen molar-refractivity contribution < 1.29 is 14.3 Å². The van der Waals surface area contributed by atoms with Gasteiger partial charge in [-0.2, -0.15) is 0 Å². The summed E-state index contributed by atoms with van der Waals surface area (Å²) >= 11 is 1.52. The predicted molar refractivity (Wildman–Crippen MR) is 91.0 cm³/mol. The Kier molecular flexibility index (Phi) is 5.94. The van der Waals surface area contributed by atoms with Crippen molar-refractivity contribution in [3.63, 3.8) is 0 Å². The molecule has 0 spiro atoms. The van der Waals surface area contributed by atoms with E-state index < -0.39 is 11.8 Å². The van der Waals surface area contributed by atoms with Crippen molar-refractivity contribution in [3.05, 3.63) is 57.8 Å². The van der Waals surface area contributed by atoms with Gasteiger partial charge >= 0.3 is 0 Å². The molecule has 120 valence electrons. The first-order valence-electron chi connectivity index (χ1n) is 7.05. The van der Waals surface area contributed by atoms with Gasteiger partial charge in [0.2, 0.25) is 0 Å². The molecule has 0 unspecified atom stereocenters. The quantitative estimate of drug-likeness (QED) is 0.654. The lowest BCUT2D eigenvalue weighted by molar-refractivity contribution is -0.128. The summed E-state index contributed by atoms with van der Waals surface area (Å²) in [4.78, 5) is 24.2. The second kappa shape index (κ2) is 8.14. The van der Waals surface area contributed by atoms with Crippen LogP contribution in [0.4, 0.5) is 0 Å². The molecule has 0 bridgehead atoms. The fourth-order valence-electron chi connectivity index (χ4n) is 1.92. The summed E-state index contributed by atoms with van der Waals surface area (Å²) in [6.45, 7) is 3.66. The van der Waals surface area contributed by atoms with E-state index in [4.69, 9.17) is 4.74 Å². The van der Waals surface area contributed by atoms with E-state index in [2.05, 4.69) is 10.9 Å². The molecule has 6 heteroatoms. The third-order valence-corrected chi connectivity index (χ3v) is 3.86. The molecule has 0 aliphatic rings. The molecule has 0 atom stereocenters. The molecule has 0 aliphatic heterocycles. The van der Waals surface area contributed by atoms with E-state index in [0.29, 0.717) is 5.75 Å². The lowest BCUT2D eigenvalue weighted by Crippen LogP contribution is -2.43. The summed E-state index contributed by atoms with van der Waals surface area (Å²) in [5.74, 6) is -0.143. The molecule has 0 saturated carbocycles. The molecule has 2 rings (SSSR count). The van der Waals surface area contributed by atoms with Crippen LogP contribution in [0.5, 0.6) is 5.75 Å². The van der Waals surface area contributed by atoms with Gasteiger partial charge in [0.15, 0.2) is 6.61 Å². The fraction of sp³-hybridized carbons (Fsp3) is 0.176. The van der Waals surface area contributed by atoms with Crippen LogP contribution in [0.3, 0.4) is 0 Å². The molecule has 0 fully saturated rings. The minimum Gasteiger partial charge on any atom is -0.483 e. The molecule has 1 aromatic carbocycles. The molecule has 2 amide bonds. The lowest BCUT2D eigenvalue weighted by atomic mass is 10.1. The molecule has 1 aromatic heterocycles. The minimum absolute atomic E-state index is 0.166. The van der Waals surface area contributed by atoms with Crippen LogP contribution in [-0.2, 0) is 9.59 Å². The fourth-order valence-corrected chi connectivity index (χ4v) is 2.54. The summed E-state index contributed by atoms with van der Waals surface area (Å²) < 4.78 is 5.50. The molecular weight excluding hydrogens is 312 g/mol. The number of benzene rings is 1.